The van der Waals surface area contributed by atoms with Gasteiger partial charge in [0.05, 0.1) is 0 Å². The smallest absolute Gasteiger partial charge is 0.190 e. The molecule has 0 aliphatic carbocycles. The predicted octanol–water partition coefficient (Wildman–Crippen LogP) is 0.561. The topological polar surface area (TPSA) is 21.3 Å². The summed E-state index contributed by atoms with van der Waals surface area (Å²) in [5.74, 6) is 0. The number of hydrogen-bond acceptors (Lipinski definition) is 2. The number of halogens is 1. The normalized spacial score (nSPS) is 18.5. The fraction of sp³-hybridized carbons (Fsp3) is 0.333. The lowest BCUT2D eigenvalue weighted by Crippen LogP contribution is -1.99. The molecule has 0 fully saturated rings. The van der Waals surface area contributed by atoms with Crippen LogP contribution in [0.5, 0.6) is 0 Å². The van der Waals surface area contributed by atoms with Gasteiger partial charge in [0.2, 0.25) is 0 Å². The Morgan fingerprint density at radius 3 is 3.00 bits per heavy atom. The molecular weight excluding hydrogens is 146 g/mol. The molecule has 3 heteroatoms. The van der Waals surface area contributed by atoms with Crippen LogP contribution >= 0.6 is 15.9 Å². The first-order valence-electron chi connectivity index (χ1n) is 1.54. The largest absolute Gasteiger partial charge is 0.464 e. The van der Waals surface area contributed by atoms with Crippen molar-refractivity contribution in [3.05, 3.63) is 10.9 Å². The minimum atomic E-state index is 0.542. The van der Waals surface area contributed by atoms with Gasteiger partial charge in [-0.05, 0) is 15.9 Å². The van der Waals surface area contributed by atoms with E-state index in [1.54, 1.807) is 0 Å². The van der Waals surface area contributed by atoms with E-state index < -0.39 is 0 Å². The molecule has 1 radical (unpaired) electrons. The zero-order valence-corrected chi connectivity index (χ0v) is 4.58. The van der Waals surface area contributed by atoms with Gasteiger partial charge in [-0.2, -0.15) is 0 Å². The molecule has 6 heavy (non-hydrogen) atoms. The van der Waals surface area contributed by atoms with E-state index in [0.717, 1.165) is 0 Å². The van der Waals surface area contributed by atoms with E-state index in [1.165, 1.54) is 0 Å². The van der Waals surface area contributed by atoms with Crippen LogP contribution in [0, 0.1) is 6.20 Å². The number of hydrogen-bond donors (Lipinski definition) is 1. The maximum Gasteiger partial charge on any atom is 0.190 e. The standard InChI is InChI=1S/C3H3BrNO/c4-3-1-5-2-6-3/h5H,2H2. The molecule has 0 amide bonds. The molecule has 1 aliphatic rings. The van der Waals surface area contributed by atoms with Crippen molar-refractivity contribution in [2.45, 2.75) is 0 Å². The van der Waals surface area contributed by atoms with Crippen molar-refractivity contribution in [2.75, 3.05) is 6.73 Å². The number of ether oxygens (including phenoxy) is 1. The van der Waals surface area contributed by atoms with Gasteiger partial charge in [0.1, 0.15) is 6.20 Å². The van der Waals surface area contributed by atoms with Gasteiger partial charge in [-0.15, -0.1) is 0 Å². The van der Waals surface area contributed by atoms with Crippen molar-refractivity contribution in [3.8, 4) is 0 Å². The maximum atomic E-state index is 4.76. The Kier molecular flexibility index (Phi) is 1.01. The van der Waals surface area contributed by atoms with Crippen molar-refractivity contribution >= 4 is 15.9 Å². The molecule has 0 saturated heterocycles. The van der Waals surface area contributed by atoms with Crippen LogP contribution in [0.2, 0.25) is 0 Å². The summed E-state index contributed by atoms with van der Waals surface area (Å²) in [6, 6.07) is 0. The van der Waals surface area contributed by atoms with E-state index in [2.05, 4.69) is 27.4 Å². The van der Waals surface area contributed by atoms with Gasteiger partial charge in [-0.1, -0.05) is 0 Å². The summed E-state index contributed by atoms with van der Waals surface area (Å²) in [7, 11) is 0. The molecule has 1 aliphatic heterocycles. The molecule has 0 saturated carbocycles. The lowest BCUT2D eigenvalue weighted by molar-refractivity contribution is 0.259. The van der Waals surface area contributed by atoms with Crippen molar-refractivity contribution in [2.24, 2.45) is 0 Å². The highest BCUT2D eigenvalue weighted by Crippen LogP contribution is 2.06. The molecular formula is C3H3BrNO. The van der Waals surface area contributed by atoms with Crippen LogP contribution in [-0.2, 0) is 4.74 Å². The Morgan fingerprint density at radius 2 is 2.83 bits per heavy atom. The molecule has 0 aromatic heterocycles. The second-order valence-electron chi connectivity index (χ2n) is 0.864. The van der Waals surface area contributed by atoms with Crippen molar-refractivity contribution in [3.63, 3.8) is 0 Å². The second kappa shape index (κ2) is 1.51. The third-order valence-electron chi connectivity index (χ3n) is 0.458. The van der Waals surface area contributed by atoms with Crippen LogP contribution in [0.1, 0.15) is 0 Å². The molecule has 0 atom stereocenters. The second-order valence-corrected chi connectivity index (χ2v) is 1.58. The summed E-state index contributed by atoms with van der Waals surface area (Å²) < 4.78 is 5.42. The quantitative estimate of drug-likeness (QED) is 0.543. The molecule has 1 N–H and O–H groups in total. The van der Waals surface area contributed by atoms with E-state index in [0.29, 0.717) is 11.4 Å². The molecule has 0 aromatic carbocycles. The van der Waals surface area contributed by atoms with Crippen LogP contribution in [0.25, 0.3) is 0 Å². The molecule has 2 nitrogen and oxygen atoms in total. The van der Waals surface area contributed by atoms with Crippen molar-refractivity contribution in [1.82, 2.24) is 5.32 Å². The van der Waals surface area contributed by atoms with Crippen LogP contribution < -0.4 is 5.32 Å². The van der Waals surface area contributed by atoms with Crippen LogP contribution in [-0.4, -0.2) is 6.73 Å². The van der Waals surface area contributed by atoms with Gasteiger partial charge in [-0.3, -0.25) is 0 Å². The summed E-state index contributed by atoms with van der Waals surface area (Å²) in [6.07, 6.45) is 2.68. The monoisotopic (exact) mass is 148 g/mol. The van der Waals surface area contributed by atoms with Gasteiger partial charge in [0.15, 0.2) is 11.4 Å². The Morgan fingerprint density at radius 1 is 2.00 bits per heavy atom. The SMILES string of the molecule is BrC1=[C]NCO1. The molecule has 0 aromatic rings. The average Bonchev–Trinajstić information content (AvgIpc) is 1.86. The molecule has 1 heterocycles. The molecule has 0 unspecified atom stereocenters. The fourth-order valence-corrected chi connectivity index (χ4v) is 0.496. The zero-order chi connectivity index (χ0) is 4.41. The minimum Gasteiger partial charge on any atom is -0.464 e. The number of rotatable bonds is 0. The van der Waals surface area contributed by atoms with E-state index in [-0.39, 0.29) is 0 Å². The molecule has 0 spiro atoms. The lowest BCUT2D eigenvalue weighted by Gasteiger charge is -1.86. The third-order valence-corrected chi connectivity index (χ3v) is 0.885. The highest BCUT2D eigenvalue weighted by Gasteiger charge is 1.96. The van der Waals surface area contributed by atoms with Crippen molar-refractivity contribution in [1.29, 1.82) is 0 Å². The minimum absolute atomic E-state index is 0.542. The number of nitrogens with one attached hydrogen (secondary N) is 1. The highest BCUT2D eigenvalue weighted by molar-refractivity contribution is 9.11. The van der Waals surface area contributed by atoms with Gasteiger partial charge >= 0.3 is 0 Å². The summed E-state index contributed by atoms with van der Waals surface area (Å²) in [6.45, 7) is 0.542. The van der Waals surface area contributed by atoms with Crippen LogP contribution in [0.4, 0.5) is 0 Å². The van der Waals surface area contributed by atoms with Gasteiger partial charge < -0.3 is 10.1 Å². The van der Waals surface area contributed by atoms with Crippen LogP contribution in [0.3, 0.4) is 0 Å². The van der Waals surface area contributed by atoms with Gasteiger partial charge in [0.25, 0.3) is 0 Å². The van der Waals surface area contributed by atoms with Gasteiger partial charge in [-0.25, -0.2) is 0 Å². The Bertz CT molecular complexity index is 80.9. The summed E-state index contributed by atoms with van der Waals surface area (Å²) >= 11 is 3.06. The Balaban J connectivity index is 2.45. The van der Waals surface area contributed by atoms with E-state index in [9.17, 15) is 0 Å². The maximum absolute atomic E-state index is 4.76. The Hall–Kier alpha value is -0.180. The van der Waals surface area contributed by atoms with E-state index >= 15 is 0 Å². The lowest BCUT2D eigenvalue weighted by atomic mass is 11.0. The summed E-state index contributed by atoms with van der Waals surface area (Å²) in [4.78, 5) is 0. The first-order valence-corrected chi connectivity index (χ1v) is 2.33. The van der Waals surface area contributed by atoms with E-state index in [1.807, 2.05) is 0 Å². The zero-order valence-electron chi connectivity index (χ0n) is 2.99. The fourth-order valence-electron chi connectivity index (χ4n) is 0.241. The first kappa shape index (κ1) is 3.99. The van der Waals surface area contributed by atoms with Gasteiger partial charge in [0, 0.05) is 0 Å². The predicted molar refractivity (Wildman–Crippen MR) is 24.8 cm³/mol. The summed E-state index contributed by atoms with van der Waals surface area (Å²) in [5, 5.41) is 2.72. The summed E-state index contributed by atoms with van der Waals surface area (Å²) in [5.41, 5.74) is 0. The van der Waals surface area contributed by atoms with E-state index in [4.69, 9.17) is 4.74 Å². The Labute approximate surface area is 44.3 Å². The molecule has 0 bridgehead atoms. The van der Waals surface area contributed by atoms with Crippen molar-refractivity contribution < 1.29 is 4.74 Å². The average molecular weight is 149 g/mol. The highest BCUT2D eigenvalue weighted by atomic mass is 79.9. The molecule has 1 rings (SSSR count). The first-order chi connectivity index (χ1) is 2.89. The van der Waals surface area contributed by atoms with Crippen LogP contribution in [0.15, 0.2) is 4.67 Å². The third kappa shape index (κ3) is 0.653. The molecule has 33 valence electrons.